The zero-order valence-corrected chi connectivity index (χ0v) is 12.6. The molecule has 0 unspecified atom stereocenters. The predicted octanol–water partition coefficient (Wildman–Crippen LogP) is 2.18. The van der Waals surface area contributed by atoms with Crippen molar-refractivity contribution in [2.45, 2.75) is 19.9 Å². The minimum Gasteiger partial charge on any atom is -0.370 e. The highest BCUT2D eigenvalue weighted by molar-refractivity contribution is 6.29. The van der Waals surface area contributed by atoms with Crippen LogP contribution in [0.3, 0.4) is 0 Å². The Morgan fingerprint density at radius 2 is 2.24 bits per heavy atom. The molecule has 112 valence electrons. The molecule has 6 nitrogen and oxygen atoms in total. The summed E-state index contributed by atoms with van der Waals surface area (Å²) in [4.78, 5) is 20.2. The molecular weight excluding hydrogens is 290 g/mol. The van der Waals surface area contributed by atoms with Crippen LogP contribution < -0.4 is 10.6 Å². The summed E-state index contributed by atoms with van der Waals surface area (Å²) in [7, 11) is 0. The first kappa shape index (κ1) is 15.3. The quantitative estimate of drug-likeness (QED) is 0.769. The number of nitrogens with zero attached hydrogens (tertiary/aromatic N) is 3. The molecule has 21 heavy (non-hydrogen) atoms. The van der Waals surface area contributed by atoms with E-state index in [1.54, 1.807) is 24.7 Å². The Bertz CT molecular complexity index is 585. The lowest BCUT2D eigenvalue weighted by atomic mass is 10.2. The number of rotatable bonds is 7. The first-order chi connectivity index (χ1) is 10.2. The molecule has 0 aliphatic rings. The molecule has 2 aromatic rings. The van der Waals surface area contributed by atoms with E-state index in [2.05, 4.69) is 27.5 Å². The fourth-order valence-electron chi connectivity index (χ4n) is 1.79. The van der Waals surface area contributed by atoms with Gasteiger partial charge >= 0.3 is 0 Å². The lowest BCUT2D eigenvalue weighted by Crippen LogP contribution is -2.27. The number of aromatic nitrogens is 3. The number of carbonyl (C=O) groups is 1. The van der Waals surface area contributed by atoms with Gasteiger partial charge < -0.3 is 15.2 Å². The van der Waals surface area contributed by atoms with Gasteiger partial charge in [0.15, 0.2) is 0 Å². The van der Waals surface area contributed by atoms with Gasteiger partial charge in [-0.2, -0.15) is 0 Å². The van der Waals surface area contributed by atoms with Gasteiger partial charge in [0.2, 0.25) is 0 Å². The molecule has 0 bridgehead atoms. The van der Waals surface area contributed by atoms with Gasteiger partial charge in [-0.15, -0.1) is 0 Å². The molecule has 0 radical (unpaired) electrons. The first-order valence-corrected chi connectivity index (χ1v) is 7.22. The van der Waals surface area contributed by atoms with Gasteiger partial charge in [-0.1, -0.05) is 18.5 Å². The Kier molecular flexibility index (Phi) is 5.57. The van der Waals surface area contributed by atoms with Crippen molar-refractivity contribution in [2.24, 2.45) is 0 Å². The Morgan fingerprint density at radius 3 is 2.95 bits per heavy atom. The molecule has 1 amide bonds. The summed E-state index contributed by atoms with van der Waals surface area (Å²) in [6.07, 6.45) is 6.24. The van der Waals surface area contributed by atoms with Crippen molar-refractivity contribution in [3.05, 3.63) is 41.6 Å². The highest BCUT2D eigenvalue weighted by atomic mass is 35.5. The summed E-state index contributed by atoms with van der Waals surface area (Å²) < 4.78 is 1.90. The van der Waals surface area contributed by atoms with E-state index >= 15 is 0 Å². The number of nitrogens with one attached hydrogen (secondary N) is 2. The number of carbonyl (C=O) groups excluding carboxylic acids is 1. The highest BCUT2D eigenvalue weighted by Gasteiger charge is 2.08. The minimum atomic E-state index is -0.168. The van der Waals surface area contributed by atoms with Crippen molar-refractivity contribution < 1.29 is 4.79 Å². The second kappa shape index (κ2) is 7.64. The lowest BCUT2D eigenvalue weighted by Gasteiger charge is -2.09. The molecule has 2 aromatic heterocycles. The average molecular weight is 308 g/mol. The lowest BCUT2D eigenvalue weighted by molar-refractivity contribution is 0.0952. The van der Waals surface area contributed by atoms with Crippen LogP contribution in [-0.4, -0.2) is 33.5 Å². The van der Waals surface area contributed by atoms with E-state index < -0.39 is 0 Å². The van der Waals surface area contributed by atoms with E-state index in [1.807, 2.05) is 10.8 Å². The third-order valence-corrected chi connectivity index (χ3v) is 3.02. The van der Waals surface area contributed by atoms with Crippen LogP contribution in [0.2, 0.25) is 5.15 Å². The van der Waals surface area contributed by atoms with Gasteiger partial charge in [0.1, 0.15) is 11.0 Å². The second-order valence-corrected chi connectivity index (χ2v) is 4.93. The zero-order valence-electron chi connectivity index (χ0n) is 11.8. The van der Waals surface area contributed by atoms with Crippen molar-refractivity contribution in [1.82, 2.24) is 19.9 Å². The largest absolute Gasteiger partial charge is 0.370 e. The molecule has 0 saturated heterocycles. The van der Waals surface area contributed by atoms with Crippen LogP contribution in [0, 0.1) is 0 Å². The van der Waals surface area contributed by atoms with Crippen LogP contribution in [0.5, 0.6) is 0 Å². The van der Waals surface area contributed by atoms with Crippen molar-refractivity contribution in [3.63, 3.8) is 0 Å². The number of hydrogen-bond acceptors (Lipinski definition) is 4. The van der Waals surface area contributed by atoms with Crippen LogP contribution in [0.1, 0.15) is 23.7 Å². The van der Waals surface area contributed by atoms with Crippen LogP contribution in [0.25, 0.3) is 0 Å². The third-order valence-electron chi connectivity index (χ3n) is 2.83. The summed E-state index contributed by atoms with van der Waals surface area (Å²) in [5, 5.41) is 6.27. The molecule has 2 rings (SSSR count). The fraction of sp³-hybridized carbons (Fsp3) is 0.357. The molecule has 0 aliphatic carbocycles. The number of imidazole rings is 1. The smallest absolute Gasteiger partial charge is 0.251 e. The topological polar surface area (TPSA) is 71.8 Å². The number of amides is 1. The van der Waals surface area contributed by atoms with Crippen LogP contribution >= 0.6 is 11.6 Å². The van der Waals surface area contributed by atoms with Gasteiger partial charge in [0, 0.05) is 37.6 Å². The first-order valence-electron chi connectivity index (χ1n) is 6.84. The maximum absolute atomic E-state index is 12.1. The van der Waals surface area contributed by atoms with Crippen LogP contribution in [-0.2, 0) is 6.54 Å². The number of anilines is 1. The molecule has 0 fully saturated rings. The van der Waals surface area contributed by atoms with Crippen LogP contribution in [0.15, 0.2) is 30.9 Å². The van der Waals surface area contributed by atoms with Gasteiger partial charge in [-0.05, 0) is 18.6 Å². The molecule has 2 N–H and O–H groups in total. The molecule has 0 spiro atoms. The number of halogens is 1. The minimum absolute atomic E-state index is 0.168. The van der Waals surface area contributed by atoms with E-state index in [0.717, 1.165) is 13.0 Å². The SMILES string of the molecule is CCCNc1cc(C(=O)NCCn2ccnc2)cc(Cl)n1. The molecule has 2 heterocycles. The Labute approximate surface area is 128 Å². The Balaban J connectivity index is 1.93. The fourth-order valence-corrected chi connectivity index (χ4v) is 2.00. The van der Waals surface area contributed by atoms with E-state index in [4.69, 9.17) is 11.6 Å². The molecule has 0 aliphatic heterocycles. The van der Waals surface area contributed by atoms with E-state index in [-0.39, 0.29) is 5.91 Å². The monoisotopic (exact) mass is 307 g/mol. The maximum Gasteiger partial charge on any atom is 0.251 e. The molecule has 0 atom stereocenters. The average Bonchev–Trinajstić information content (AvgIpc) is 2.97. The van der Waals surface area contributed by atoms with Gasteiger partial charge in [0.25, 0.3) is 5.91 Å². The van der Waals surface area contributed by atoms with Gasteiger partial charge in [0.05, 0.1) is 6.33 Å². The summed E-state index contributed by atoms with van der Waals surface area (Å²) in [6.45, 7) is 4.04. The van der Waals surface area contributed by atoms with Crippen LogP contribution in [0.4, 0.5) is 5.82 Å². The van der Waals surface area contributed by atoms with Gasteiger partial charge in [-0.25, -0.2) is 9.97 Å². The number of hydrogen-bond donors (Lipinski definition) is 2. The standard InChI is InChI=1S/C14H18ClN5O/c1-2-3-17-13-9-11(8-12(15)19-13)14(21)18-5-7-20-6-4-16-10-20/h4,6,8-10H,2-3,5,7H2,1H3,(H,17,19)(H,18,21). The van der Waals surface area contributed by atoms with Crippen molar-refractivity contribution >= 4 is 23.3 Å². The van der Waals surface area contributed by atoms with Gasteiger partial charge in [-0.3, -0.25) is 4.79 Å². The summed E-state index contributed by atoms with van der Waals surface area (Å²) in [5.74, 6) is 0.447. The highest BCUT2D eigenvalue weighted by Crippen LogP contribution is 2.14. The second-order valence-electron chi connectivity index (χ2n) is 4.55. The van der Waals surface area contributed by atoms with Crippen molar-refractivity contribution in [2.75, 3.05) is 18.4 Å². The van der Waals surface area contributed by atoms with E-state index in [9.17, 15) is 4.79 Å². The van der Waals surface area contributed by atoms with Crippen molar-refractivity contribution in [3.8, 4) is 0 Å². The van der Waals surface area contributed by atoms with E-state index in [0.29, 0.717) is 29.6 Å². The predicted molar refractivity (Wildman–Crippen MR) is 82.6 cm³/mol. The maximum atomic E-state index is 12.1. The summed E-state index contributed by atoms with van der Waals surface area (Å²) in [6, 6.07) is 3.26. The number of pyridine rings is 1. The zero-order chi connectivity index (χ0) is 15.1. The molecule has 7 heteroatoms. The Morgan fingerprint density at radius 1 is 1.38 bits per heavy atom. The molecule has 0 aromatic carbocycles. The Hall–Kier alpha value is -2.08. The molecule has 0 saturated carbocycles. The van der Waals surface area contributed by atoms with E-state index in [1.165, 1.54) is 0 Å². The third kappa shape index (κ3) is 4.75. The summed E-state index contributed by atoms with van der Waals surface area (Å²) >= 11 is 5.94. The summed E-state index contributed by atoms with van der Waals surface area (Å²) in [5.41, 5.74) is 0.499. The van der Waals surface area contributed by atoms with Crippen molar-refractivity contribution in [1.29, 1.82) is 0 Å². The molecular formula is C14H18ClN5O. The normalized spacial score (nSPS) is 10.4.